The predicted molar refractivity (Wildman–Crippen MR) is 121 cm³/mol. The summed E-state index contributed by atoms with van der Waals surface area (Å²) in [6.07, 6.45) is 3.15. The van der Waals surface area contributed by atoms with E-state index in [0.717, 1.165) is 52.9 Å². The lowest BCUT2D eigenvalue weighted by Crippen LogP contribution is -2.40. The number of nitrogens with zero attached hydrogens (tertiary/aromatic N) is 3. The van der Waals surface area contributed by atoms with Gasteiger partial charge in [-0.25, -0.2) is 13.9 Å². The number of benzene rings is 1. The molecule has 0 bridgehead atoms. The summed E-state index contributed by atoms with van der Waals surface area (Å²) in [5, 5.41) is 4.94. The van der Waals surface area contributed by atoms with Gasteiger partial charge in [-0.2, -0.15) is 5.10 Å². The van der Waals surface area contributed by atoms with E-state index in [1.165, 1.54) is 12.1 Å². The lowest BCUT2D eigenvalue weighted by molar-refractivity contribution is -0.0428. The number of ether oxygens (including phenoxy) is 2. The van der Waals surface area contributed by atoms with E-state index in [0.29, 0.717) is 26.1 Å². The van der Waals surface area contributed by atoms with E-state index in [1.807, 2.05) is 32.4 Å². The number of halogens is 1. The van der Waals surface area contributed by atoms with Gasteiger partial charge >= 0.3 is 6.09 Å². The van der Waals surface area contributed by atoms with E-state index in [2.05, 4.69) is 6.58 Å². The van der Waals surface area contributed by atoms with Crippen molar-refractivity contribution in [3.63, 3.8) is 0 Å². The molecule has 4 rings (SSSR count). The molecule has 0 spiro atoms. The number of fused-ring (bicyclic) bond motifs is 1. The average molecular weight is 442 g/mol. The Morgan fingerprint density at radius 1 is 1.31 bits per heavy atom. The molecular formula is C25H32FN3O3. The van der Waals surface area contributed by atoms with E-state index < -0.39 is 5.60 Å². The van der Waals surface area contributed by atoms with Gasteiger partial charge in [0.15, 0.2) is 6.23 Å². The highest BCUT2D eigenvalue weighted by Gasteiger charge is 2.33. The predicted octanol–water partition coefficient (Wildman–Crippen LogP) is 5.38. The molecule has 1 atom stereocenters. The first-order valence-electron chi connectivity index (χ1n) is 11.3. The lowest BCUT2D eigenvalue weighted by atomic mass is 9.94. The first-order valence-corrected chi connectivity index (χ1v) is 11.3. The molecule has 0 saturated carbocycles. The van der Waals surface area contributed by atoms with Gasteiger partial charge in [-0.15, -0.1) is 0 Å². The average Bonchev–Trinajstić information content (AvgIpc) is 3.11. The molecule has 2 aliphatic heterocycles. The van der Waals surface area contributed by atoms with Crippen molar-refractivity contribution in [2.45, 2.75) is 71.8 Å². The quantitative estimate of drug-likeness (QED) is 0.641. The third kappa shape index (κ3) is 4.58. The molecule has 2 aliphatic rings. The summed E-state index contributed by atoms with van der Waals surface area (Å²) < 4.78 is 27.2. The Labute approximate surface area is 189 Å². The second kappa shape index (κ2) is 8.70. The van der Waals surface area contributed by atoms with Crippen LogP contribution in [-0.2, 0) is 22.4 Å². The molecule has 1 aromatic carbocycles. The number of rotatable bonds is 3. The van der Waals surface area contributed by atoms with Crippen LogP contribution in [0, 0.1) is 12.7 Å². The van der Waals surface area contributed by atoms with Crippen molar-refractivity contribution in [2.24, 2.45) is 0 Å². The second-order valence-corrected chi connectivity index (χ2v) is 9.63. The molecule has 0 radical (unpaired) electrons. The van der Waals surface area contributed by atoms with E-state index in [1.54, 1.807) is 11.0 Å². The number of hydrogen-bond donors (Lipinski definition) is 0. The summed E-state index contributed by atoms with van der Waals surface area (Å²) >= 11 is 0. The summed E-state index contributed by atoms with van der Waals surface area (Å²) in [6.45, 7) is 13.4. The third-order valence-electron chi connectivity index (χ3n) is 5.97. The van der Waals surface area contributed by atoms with Gasteiger partial charge < -0.3 is 14.4 Å². The van der Waals surface area contributed by atoms with Crippen LogP contribution < -0.4 is 0 Å². The second-order valence-electron chi connectivity index (χ2n) is 9.63. The van der Waals surface area contributed by atoms with E-state index in [-0.39, 0.29) is 18.1 Å². The first-order chi connectivity index (χ1) is 15.1. The highest BCUT2D eigenvalue weighted by Crippen LogP contribution is 2.35. The first kappa shape index (κ1) is 22.5. The zero-order chi connectivity index (χ0) is 23.0. The van der Waals surface area contributed by atoms with Crippen LogP contribution in [0.25, 0.3) is 5.57 Å². The van der Waals surface area contributed by atoms with Crippen LogP contribution in [0.15, 0.2) is 24.8 Å². The Kier molecular flexibility index (Phi) is 6.12. The molecule has 1 fully saturated rings. The van der Waals surface area contributed by atoms with Gasteiger partial charge in [-0.3, -0.25) is 0 Å². The molecule has 0 N–H and O–H groups in total. The van der Waals surface area contributed by atoms with E-state index >= 15 is 0 Å². The number of aryl methyl sites for hydroxylation is 1. The minimum Gasteiger partial charge on any atom is -0.444 e. The van der Waals surface area contributed by atoms with Gasteiger partial charge in [-0.05, 0) is 76.6 Å². The van der Waals surface area contributed by atoms with Gasteiger partial charge in [-0.1, -0.05) is 12.6 Å². The maximum atomic E-state index is 13.7. The highest BCUT2D eigenvalue weighted by atomic mass is 19.1. The van der Waals surface area contributed by atoms with Crippen LogP contribution in [0.5, 0.6) is 0 Å². The largest absolute Gasteiger partial charge is 0.444 e. The van der Waals surface area contributed by atoms with Gasteiger partial charge in [0.05, 0.1) is 17.9 Å². The molecule has 1 aromatic heterocycles. The zero-order valence-corrected chi connectivity index (χ0v) is 19.4. The number of hydrogen-bond acceptors (Lipinski definition) is 4. The van der Waals surface area contributed by atoms with E-state index in [4.69, 9.17) is 14.6 Å². The van der Waals surface area contributed by atoms with Crippen LogP contribution in [-0.4, -0.2) is 39.5 Å². The molecule has 6 nitrogen and oxygen atoms in total. The standard InChI is InChI=1S/C25H32FN3O3/c1-16-14-18(26)9-10-19(16)17(2)23-20-11-12-28(24(30)32-25(3,4)5)15-21(20)29(27-23)22-8-6-7-13-31-22/h9-10,14,22H,2,6-8,11-13,15H2,1,3-5H3. The van der Waals surface area contributed by atoms with Crippen LogP contribution in [0.4, 0.5) is 9.18 Å². The van der Waals surface area contributed by atoms with Crippen molar-refractivity contribution >= 4 is 11.7 Å². The molecule has 1 unspecified atom stereocenters. The minimum atomic E-state index is -0.552. The smallest absolute Gasteiger partial charge is 0.410 e. The molecule has 172 valence electrons. The van der Waals surface area contributed by atoms with Crippen molar-refractivity contribution in [1.82, 2.24) is 14.7 Å². The summed E-state index contributed by atoms with van der Waals surface area (Å²) in [6, 6.07) is 4.72. The minimum absolute atomic E-state index is 0.160. The molecular weight excluding hydrogens is 409 g/mol. The number of carbonyl (C=O) groups is 1. The molecule has 1 amide bonds. The SMILES string of the molecule is C=C(c1ccc(F)cc1C)c1nn(C2CCCCO2)c2c1CCN(C(=O)OC(C)(C)C)C2. The fourth-order valence-electron chi connectivity index (χ4n) is 4.41. The maximum Gasteiger partial charge on any atom is 0.410 e. The topological polar surface area (TPSA) is 56.6 Å². The van der Waals surface area contributed by atoms with E-state index in [9.17, 15) is 9.18 Å². The monoisotopic (exact) mass is 441 g/mol. The van der Waals surface area contributed by atoms with Crippen molar-refractivity contribution in [3.05, 3.63) is 58.7 Å². The van der Waals surface area contributed by atoms with Crippen LogP contribution in [0.1, 0.15) is 74.3 Å². The van der Waals surface area contributed by atoms with Gasteiger partial charge in [0.2, 0.25) is 0 Å². The van der Waals surface area contributed by atoms with Crippen molar-refractivity contribution in [2.75, 3.05) is 13.2 Å². The number of aromatic nitrogens is 2. The Morgan fingerprint density at radius 3 is 2.75 bits per heavy atom. The Hall–Kier alpha value is -2.67. The molecule has 3 heterocycles. The molecule has 7 heteroatoms. The lowest BCUT2D eigenvalue weighted by Gasteiger charge is -2.32. The van der Waals surface area contributed by atoms with Gasteiger partial charge in [0.25, 0.3) is 0 Å². The zero-order valence-electron chi connectivity index (χ0n) is 19.4. The summed E-state index contributed by atoms with van der Waals surface area (Å²) in [7, 11) is 0. The normalized spacial score (nSPS) is 18.9. The Bertz CT molecular complexity index is 1030. The van der Waals surface area contributed by atoms with Crippen LogP contribution >= 0.6 is 0 Å². The van der Waals surface area contributed by atoms with Gasteiger partial charge in [0.1, 0.15) is 11.4 Å². The van der Waals surface area contributed by atoms with Gasteiger partial charge in [0, 0.05) is 24.3 Å². The molecule has 2 aromatic rings. The summed E-state index contributed by atoms with van der Waals surface area (Å²) in [4.78, 5) is 14.5. The fourth-order valence-corrected chi connectivity index (χ4v) is 4.41. The fraction of sp³-hybridized carbons (Fsp3) is 0.520. The molecule has 32 heavy (non-hydrogen) atoms. The number of carbonyl (C=O) groups excluding carboxylic acids is 1. The van der Waals surface area contributed by atoms with Crippen molar-refractivity contribution in [3.8, 4) is 0 Å². The molecule has 1 saturated heterocycles. The third-order valence-corrected chi connectivity index (χ3v) is 5.97. The number of amides is 1. The summed E-state index contributed by atoms with van der Waals surface area (Å²) in [5.41, 5.74) is 4.74. The molecule has 0 aliphatic carbocycles. The van der Waals surface area contributed by atoms with Crippen LogP contribution in [0.3, 0.4) is 0 Å². The van der Waals surface area contributed by atoms with Crippen LogP contribution in [0.2, 0.25) is 0 Å². The maximum absolute atomic E-state index is 13.7. The Morgan fingerprint density at radius 2 is 2.09 bits per heavy atom. The van der Waals surface area contributed by atoms with Crippen molar-refractivity contribution < 1.29 is 18.7 Å². The van der Waals surface area contributed by atoms with Crippen molar-refractivity contribution in [1.29, 1.82) is 0 Å². The highest BCUT2D eigenvalue weighted by molar-refractivity contribution is 5.80. The summed E-state index contributed by atoms with van der Waals surface area (Å²) in [5.74, 6) is -0.268. The Balaban J connectivity index is 1.71.